The Morgan fingerprint density at radius 3 is 2.36 bits per heavy atom. The Kier molecular flexibility index (Phi) is 2.76. The standard InChI is InChI=1S/C10H11FO2S/c1-7(2)9-5-4-8(6-10(9)11)14(3,12)13/h4-6H,1H2,2-3H3. The number of rotatable bonds is 2. The molecule has 1 rings (SSSR count). The molecule has 0 fully saturated rings. The molecule has 0 saturated carbocycles. The molecule has 1 aromatic rings. The summed E-state index contributed by atoms with van der Waals surface area (Å²) in [5.74, 6) is -0.555. The minimum Gasteiger partial charge on any atom is -0.224 e. The van der Waals surface area contributed by atoms with Crippen LogP contribution in [0.1, 0.15) is 12.5 Å². The predicted molar refractivity (Wildman–Crippen MR) is 54.2 cm³/mol. The lowest BCUT2D eigenvalue weighted by atomic mass is 10.1. The molecule has 0 radical (unpaired) electrons. The van der Waals surface area contributed by atoms with Crippen LogP contribution in [0.4, 0.5) is 4.39 Å². The zero-order valence-corrected chi connectivity index (χ0v) is 8.86. The lowest BCUT2D eigenvalue weighted by Crippen LogP contribution is -1.98. The van der Waals surface area contributed by atoms with Crippen molar-refractivity contribution in [2.75, 3.05) is 6.26 Å². The molecule has 76 valence electrons. The number of hydrogen-bond donors (Lipinski definition) is 0. The highest BCUT2D eigenvalue weighted by molar-refractivity contribution is 7.90. The Morgan fingerprint density at radius 1 is 1.43 bits per heavy atom. The van der Waals surface area contributed by atoms with E-state index in [-0.39, 0.29) is 4.90 Å². The van der Waals surface area contributed by atoms with E-state index in [4.69, 9.17) is 0 Å². The summed E-state index contributed by atoms with van der Waals surface area (Å²) in [6.07, 6.45) is 1.04. The van der Waals surface area contributed by atoms with Crippen LogP contribution >= 0.6 is 0 Å². The van der Waals surface area contributed by atoms with Crippen molar-refractivity contribution in [2.24, 2.45) is 0 Å². The van der Waals surface area contributed by atoms with E-state index in [1.54, 1.807) is 6.92 Å². The van der Waals surface area contributed by atoms with Crippen LogP contribution in [-0.4, -0.2) is 14.7 Å². The van der Waals surface area contributed by atoms with Crippen molar-refractivity contribution >= 4 is 15.4 Å². The molecule has 0 unspecified atom stereocenters. The van der Waals surface area contributed by atoms with Gasteiger partial charge in [0.1, 0.15) is 5.82 Å². The van der Waals surface area contributed by atoms with Crippen LogP contribution in [0, 0.1) is 5.82 Å². The molecule has 14 heavy (non-hydrogen) atoms. The summed E-state index contributed by atoms with van der Waals surface area (Å²) in [5.41, 5.74) is 0.917. The smallest absolute Gasteiger partial charge is 0.175 e. The molecule has 2 nitrogen and oxygen atoms in total. The monoisotopic (exact) mass is 214 g/mol. The lowest BCUT2D eigenvalue weighted by molar-refractivity contribution is 0.595. The van der Waals surface area contributed by atoms with Crippen LogP contribution in [-0.2, 0) is 9.84 Å². The maximum Gasteiger partial charge on any atom is 0.175 e. The van der Waals surface area contributed by atoms with E-state index >= 15 is 0 Å². The average Bonchev–Trinajstić information content (AvgIpc) is 2.01. The van der Waals surface area contributed by atoms with E-state index < -0.39 is 15.7 Å². The van der Waals surface area contributed by atoms with Gasteiger partial charge in [-0.3, -0.25) is 0 Å². The predicted octanol–water partition coefficient (Wildman–Crippen LogP) is 2.26. The van der Waals surface area contributed by atoms with Gasteiger partial charge in [0, 0.05) is 11.8 Å². The van der Waals surface area contributed by atoms with Gasteiger partial charge in [-0.15, -0.1) is 0 Å². The van der Waals surface area contributed by atoms with E-state index in [0.29, 0.717) is 11.1 Å². The van der Waals surface area contributed by atoms with E-state index in [2.05, 4.69) is 6.58 Å². The first-order valence-electron chi connectivity index (χ1n) is 3.98. The first kappa shape index (κ1) is 10.9. The van der Waals surface area contributed by atoms with Gasteiger partial charge in [0.2, 0.25) is 0 Å². The molecule has 0 aliphatic carbocycles. The Labute approximate surface area is 83.0 Å². The van der Waals surface area contributed by atoms with E-state index in [1.807, 2.05) is 0 Å². The molecule has 0 aliphatic rings. The third kappa shape index (κ3) is 2.20. The summed E-state index contributed by atoms with van der Waals surface area (Å²) >= 11 is 0. The Balaban J connectivity index is 3.34. The molecule has 0 aliphatic heterocycles. The number of allylic oxidation sites excluding steroid dienone is 1. The van der Waals surface area contributed by atoms with Crippen molar-refractivity contribution < 1.29 is 12.8 Å². The molecule has 0 N–H and O–H groups in total. The van der Waals surface area contributed by atoms with Crippen LogP contribution in [0.2, 0.25) is 0 Å². The van der Waals surface area contributed by atoms with Crippen LogP contribution in [0.15, 0.2) is 29.7 Å². The molecule has 0 atom stereocenters. The molecule has 0 spiro atoms. The van der Waals surface area contributed by atoms with Gasteiger partial charge >= 0.3 is 0 Å². The van der Waals surface area contributed by atoms with Crippen molar-refractivity contribution in [3.63, 3.8) is 0 Å². The van der Waals surface area contributed by atoms with Gasteiger partial charge in [-0.05, 0) is 24.6 Å². The maximum atomic E-state index is 13.3. The second-order valence-electron chi connectivity index (χ2n) is 3.19. The fourth-order valence-corrected chi connectivity index (χ4v) is 1.71. The topological polar surface area (TPSA) is 34.1 Å². The molecule has 4 heteroatoms. The maximum absolute atomic E-state index is 13.3. The van der Waals surface area contributed by atoms with Crippen LogP contribution in [0.3, 0.4) is 0 Å². The first-order chi connectivity index (χ1) is 6.32. The number of sulfone groups is 1. The molecular weight excluding hydrogens is 203 g/mol. The van der Waals surface area contributed by atoms with Gasteiger partial charge in [0.15, 0.2) is 9.84 Å². The summed E-state index contributed by atoms with van der Waals surface area (Å²) in [6.45, 7) is 5.25. The minimum atomic E-state index is -3.34. The van der Waals surface area contributed by atoms with Gasteiger partial charge in [-0.2, -0.15) is 0 Å². The highest BCUT2D eigenvalue weighted by Crippen LogP contribution is 2.19. The molecule has 0 amide bonds. The second-order valence-corrected chi connectivity index (χ2v) is 5.21. The van der Waals surface area contributed by atoms with Crippen molar-refractivity contribution in [3.8, 4) is 0 Å². The third-order valence-electron chi connectivity index (χ3n) is 1.83. The Hall–Kier alpha value is -1.16. The molecule has 0 saturated heterocycles. The van der Waals surface area contributed by atoms with Crippen molar-refractivity contribution in [1.82, 2.24) is 0 Å². The fourth-order valence-electron chi connectivity index (χ4n) is 1.07. The van der Waals surface area contributed by atoms with E-state index in [1.165, 1.54) is 12.1 Å². The van der Waals surface area contributed by atoms with E-state index in [0.717, 1.165) is 12.3 Å². The molecule has 0 heterocycles. The molecule has 1 aromatic carbocycles. The zero-order valence-electron chi connectivity index (χ0n) is 8.04. The quantitative estimate of drug-likeness (QED) is 0.756. The SMILES string of the molecule is C=C(C)c1ccc(S(C)(=O)=O)cc1F. The summed E-state index contributed by atoms with van der Waals surface area (Å²) in [5, 5.41) is 0. The normalized spacial score (nSPS) is 11.4. The summed E-state index contributed by atoms with van der Waals surface area (Å²) in [4.78, 5) is -0.0139. The second kappa shape index (κ2) is 3.53. The Morgan fingerprint density at radius 2 is 2.00 bits per heavy atom. The van der Waals surface area contributed by atoms with Gasteiger partial charge in [-0.25, -0.2) is 12.8 Å². The summed E-state index contributed by atoms with van der Waals surface area (Å²) < 4.78 is 35.5. The van der Waals surface area contributed by atoms with Crippen molar-refractivity contribution in [3.05, 3.63) is 36.2 Å². The van der Waals surface area contributed by atoms with Crippen LogP contribution < -0.4 is 0 Å². The van der Waals surface area contributed by atoms with Crippen molar-refractivity contribution in [2.45, 2.75) is 11.8 Å². The van der Waals surface area contributed by atoms with Crippen LogP contribution in [0.5, 0.6) is 0 Å². The highest BCUT2D eigenvalue weighted by Gasteiger charge is 2.10. The van der Waals surface area contributed by atoms with Crippen molar-refractivity contribution in [1.29, 1.82) is 0 Å². The molecule has 0 aromatic heterocycles. The first-order valence-corrected chi connectivity index (χ1v) is 5.87. The number of halogens is 1. The summed E-state index contributed by atoms with van der Waals surface area (Å²) in [7, 11) is -3.34. The number of benzene rings is 1. The van der Waals surface area contributed by atoms with Gasteiger partial charge in [0.05, 0.1) is 4.90 Å². The average molecular weight is 214 g/mol. The Bertz CT molecular complexity index is 475. The van der Waals surface area contributed by atoms with Gasteiger partial charge < -0.3 is 0 Å². The minimum absolute atomic E-state index is 0.0139. The number of hydrogen-bond acceptors (Lipinski definition) is 2. The third-order valence-corrected chi connectivity index (χ3v) is 2.94. The fraction of sp³-hybridized carbons (Fsp3) is 0.200. The summed E-state index contributed by atoms with van der Waals surface area (Å²) in [6, 6.07) is 3.82. The molecule has 0 bridgehead atoms. The largest absolute Gasteiger partial charge is 0.224 e. The lowest BCUT2D eigenvalue weighted by Gasteiger charge is -2.03. The van der Waals surface area contributed by atoms with Gasteiger partial charge in [-0.1, -0.05) is 12.6 Å². The highest BCUT2D eigenvalue weighted by atomic mass is 32.2. The molecular formula is C10H11FO2S. The zero-order chi connectivity index (χ0) is 10.9. The van der Waals surface area contributed by atoms with E-state index in [9.17, 15) is 12.8 Å². The van der Waals surface area contributed by atoms with Crippen LogP contribution in [0.25, 0.3) is 5.57 Å². The van der Waals surface area contributed by atoms with Gasteiger partial charge in [0.25, 0.3) is 0 Å².